The van der Waals surface area contributed by atoms with Crippen molar-refractivity contribution in [1.82, 2.24) is 0 Å². The lowest BCUT2D eigenvalue weighted by molar-refractivity contribution is -0.141. The third-order valence-electron chi connectivity index (χ3n) is 2.12. The van der Waals surface area contributed by atoms with Crippen LogP contribution in [-0.4, -0.2) is 23.8 Å². The predicted molar refractivity (Wildman–Crippen MR) is 68.3 cm³/mol. The average molecular weight is 238 g/mol. The van der Waals surface area contributed by atoms with Gasteiger partial charge in [0.1, 0.15) is 6.61 Å². The van der Waals surface area contributed by atoms with Gasteiger partial charge in [-0.3, -0.25) is 0 Å². The van der Waals surface area contributed by atoms with E-state index in [1.54, 1.807) is 6.92 Å². The van der Waals surface area contributed by atoms with Crippen LogP contribution in [0.15, 0.2) is 12.2 Å². The summed E-state index contributed by atoms with van der Waals surface area (Å²) in [6.07, 6.45) is 3.97. The second-order valence-corrected chi connectivity index (χ2v) is 4.05. The lowest BCUT2D eigenvalue weighted by Gasteiger charge is -2.07. The highest BCUT2D eigenvalue weighted by Gasteiger charge is 2.07. The molecular formula is C14H22O3. The summed E-state index contributed by atoms with van der Waals surface area (Å²) in [5, 5.41) is 9.47. The third-order valence-corrected chi connectivity index (χ3v) is 2.12. The fourth-order valence-electron chi connectivity index (χ4n) is 1.10. The number of esters is 1. The van der Waals surface area contributed by atoms with Crippen LogP contribution in [0.25, 0.3) is 0 Å². The molecule has 0 aromatic carbocycles. The van der Waals surface area contributed by atoms with Crippen LogP contribution in [-0.2, 0) is 9.53 Å². The van der Waals surface area contributed by atoms with E-state index in [0.717, 1.165) is 12.8 Å². The van der Waals surface area contributed by atoms with Crippen molar-refractivity contribution < 1.29 is 14.6 Å². The van der Waals surface area contributed by atoms with Gasteiger partial charge in [-0.15, -0.1) is 11.8 Å². The summed E-state index contributed by atoms with van der Waals surface area (Å²) in [5.74, 6) is 5.40. The van der Waals surface area contributed by atoms with E-state index in [4.69, 9.17) is 4.74 Å². The van der Waals surface area contributed by atoms with Crippen LogP contribution in [0.1, 0.15) is 46.0 Å². The monoisotopic (exact) mass is 238 g/mol. The van der Waals surface area contributed by atoms with Gasteiger partial charge >= 0.3 is 5.97 Å². The van der Waals surface area contributed by atoms with Gasteiger partial charge in [0.25, 0.3) is 0 Å². The molecule has 0 spiro atoms. The first kappa shape index (κ1) is 15.7. The summed E-state index contributed by atoms with van der Waals surface area (Å²) in [7, 11) is 0. The van der Waals surface area contributed by atoms with E-state index in [2.05, 4.69) is 25.3 Å². The number of aliphatic hydroxyl groups is 1. The zero-order valence-corrected chi connectivity index (χ0v) is 10.8. The Hall–Kier alpha value is -1.27. The molecule has 0 bridgehead atoms. The van der Waals surface area contributed by atoms with E-state index < -0.39 is 12.1 Å². The molecule has 1 atom stereocenters. The maximum atomic E-state index is 11.0. The molecule has 0 amide bonds. The molecule has 3 nitrogen and oxygen atoms in total. The van der Waals surface area contributed by atoms with Gasteiger partial charge in [0.15, 0.2) is 0 Å². The molecule has 0 rings (SSSR count). The lowest BCUT2D eigenvalue weighted by atomic mass is 10.2. The summed E-state index contributed by atoms with van der Waals surface area (Å²) in [5.41, 5.74) is 0.336. The second kappa shape index (κ2) is 9.92. The molecule has 0 aliphatic rings. The molecule has 1 N–H and O–H groups in total. The van der Waals surface area contributed by atoms with Crippen molar-refractivity contribution in [1.29, 1.82) is 0 Å². The molecule has 0 aromatic rings. The fraction of sp³-hybridized carbons (Fsp3) is 0.643. The molecule has 0 aromatic heterocycles. The van der Waals surface area contributed by atoms with E-state index in [1.165, 1.54) is 12.8 Å². The number of aliphatic hydroxyl groups excluding tert-OH is 1. The van der Waals surface area contributed by atoms with Gasteiger partial charge in [0.05, 0.1) is 6.10 Å². The lowest BCUT2D eigenvalue weighted by Crippen LogP contribution is -2.18. The number of carbonyl (C=O) groups excluding carboxylic acids is 1. The van der Waals surface area contributed by atoms with Gasteiger partial charge in [0.2, 0.25) is 0 Å². The molecule has 0 aliphatic heterocycles. The number of hydrogen-bond acceptors (Lipinski definition) is 3. The quantitative estimate of drug-likeness (QED) is 0.321. The van der Waals surface area contributed by atoms with Crippen LogP contribution < -0.4 is 0 Å². The Morgan fingerprint density at radius 3 is 2.71 bits per heavy atom. The molecule has 96 valence electrons. The highest BCUT2D eigenvalue weighted by atomic mass is 16.5. The molecule has 17 heavy (non-hydrogen) atoms. The number of unbranched alkanes of at least 4 members (excludes halogenated alkanes) is 3. The number of rotatable bonds is 7. The Balaban J connectivity index is 3.61. The van der Waals surface area contributed by atoms with Crippen molar-refractivity contribution in [2.75, 3.05) is 6.61 Å². The number of ether oxygens (including phenoxy) is 1. The van der Waals surface area contributed by atoms with Crippen molar-refractivity contribution >= 4 is 5.97 Å². The Morgan fingerprint density at radius 2 is 2.12 bits per heavy atom. The van der Waals surface area contributed by atoms with Crippen LogP contribution in [0, 0.1) is 11.8 Å². The molecule has 0 saturated carbocycles. The van der Waals surface area contributed by atoms with E-state index in [0.29, 0.717) is 12.0 Å². The Kier molecular flexibility index (Phi) is 9.18. The summed E-state index contributed by atoms with van der Waals surface area (Å²) in [6.45, 7) is 7.15. The van der Waals surface area contributed by atoms with Crippen LogP contribution in [0.2, 0.25) is 0 Å². The summed E-state index contributed by atoms with van der Waals surface area (Å²) in [6, 6.07) is 0. The zero-order valence-electron chi connectivity index (χ0n) is 10.8. The molecule has 0 fully saturated rings. The SMILES string of the molecule is C=C(C)C(=O)OCC(O)CC#CCCCCC. The minimum absolute atomic E-state index is 0.0185. The maximum absolute atomic E-state index is 11.0. The smallest absolute Gasteiger partial charge is 0.333 e. The first-order valence-electron chi connectivity index (χ1n) is 6.04. The largest absolute Gasteiger partial charge is 0.460 e. The van der Waals surface area contributed by atoms with Crippen molar-refractivity contribution in [2.24, 2.45) is 0 Å². The molecular weight excluding hydrogens is 216 g/mol. The molecule has 0 saturated heterocycles. The molecule has 3 heteroatoms. The minimum Gasteiger partial charge on any atom is -0.460 e. The topological polar surface area (TPSA) is 46.5 Å². The van der Waals surface area contributed by atoms with Crippen LogP contribution >= 0.6 is 0 Å². The van der Waals surface area contributed by atoms with Gasteiger partial charge in [-0.1, -0.05) is 26.3 Å². The highest BCUT2D eigenvalue weighted by Crippen LogP contribution is 1.99. The Morgan fingerprint density at radius 1 is 1.41 bits per heavy atom. The highest BCUT2D eigenvalue weighted by molar-refractivity contribution is 5.86. The Labute approximate surface area is 104 Å². The normalized spacial score (nSPS) is 11.2. The van der Waals surface area contributed by atoms with Crippen molar-refractivity contribution in [3.8, 4) is 11.8 Å². The second-order valence-electron chi connectivity index (χ2n) is 4.05. The Bertz CT molecular complexity index is 296. The molecule has 0 heterocycles. The standard InChI is InChI=1S/C14H22O3/c1-4-5-6-7-8-9-10-13(15)11-17-14(16)12(2)3/h13,15H,2,4-7,10-11H2,1,3H3. The molecule has 0 radical (unpaired) electrons. The van der Waals surface area contributed by atoms with Crippen LogP contribution in [0.3, 0.4) is 0 Å². The van der Waals surface area contributed by atoms with Crippen LogP contribution in [0.5, 0.6) is 0 Å². The summed E-state index contributed by atoms with van der Waals surface area (Å²) in [4.78, 5) is 11.0. The van der Waals surface area contributed by atoms with Crippen molar-refractivity contribution in [3.05, 3.63) is 12.2 Å². The third kappa shape index (κ3) is 9.65. The maximum Gasteiger partial charge on any atom is 0.333 e. The molecule has 0 aliphatic carbocycles. The van der Waals surface area contributed by atoms with Gasteiger partial charge < -0.3 is 9.84 Å². The van der Waals surface area contributed by atoms with E-state index in [-0.39, 0.29) is 6.61 Å². The van der Waals surface area contributed by atoms with E-state index in [1.807, 2.05) is 0 Å². The first-order valence-corrected chi connectivity index (χ1v) is 6.04. The first-order chi connectivity index (χ1) is 8.07. The summed E-state index contributed by atoms with van der Waals surface area (Å²) < 4.78 is 4.80. The number of carbonyl (C=O) groups is 1. The van der Waals surface area contributed by atoms with Crippen molar-refractivity contribution in [3.63, 3.8) is 0 Å². The van der Waals surface area contributed by atoms with Crippen LogP contribution in [0.4, 0.5) is 0 Å². The number of hydrogen-bond donors (Lipinski definition) is 1. The summed E-state index contributed by atoms with van der Waals surface area (Å²) >= 11 is 0. The van der Waals surface area contributed by atoms with E-state index in [9.17, 15) is 9.90 Å². The minimum atomic E-state index is -0.711. The van der Waals surface area contributed by atoms with Gasteiger partial charge in [-0.2, -0.15) is 0 Å². The average Bonchev–Trinajstić information content (AvgIpc) is 2.30. The van der Waals surface area contributed by atoms with Gasteiger partial charge in [0, 0.05) is 18.4 Å². The zero-order chi connectivity index (χ0) is 13.1. The van der Waals surface area contributed by atoms with Gasteiger partial charge in [-0.05, 0) is 13.3 Å². The van der Waals surface area contributed by atoms with Crippen molar-refractivity contribution in [2.45, 2.75) is 52.1 Å². The predicted octanol–water partition coefficient (Wildman–Crippen LogP) is 2.44. The fourth-order valence-corrected chi connectivity index (χ4v) is 1.10. The molecule has 1 unspecified atom stereocenters. The van der Waals surface area contributed by atoms with Gasteiger partial charge in [-0.25, -0.2) is 4.79 Å². The van der Waals surface area contributed by atoms with E-state index >= 15 is 0 Å².